The van der Waals surface area contributed by atoms with Crippen molar-refractivity contribution in [2.45, 2.75) is 18.6 Å². The minimum atomic E-state index is -0.647. The average Bonchev–Trinajstić information content (AvgIpc) is 3.33. The molecular weight excluding hydrogens is 464 g/mol. The number of aromatic nitrogens is 2. The van der Waals surface area contributed by atoms with Gasteiger partial charge < -0.3 is 9.73 Å². The molecule has 0 fully saturated rings. The van der Waals surface area contributed by atoms with Crippen molar-refractivity contribution < 1.29 is 14.0 Å². The predicted octanol–water partition coefficient (Wildman–Crippen LogP) is 4.06. The van der Waals surface area contributed by atoms with E-state index in [0.717, 1.165) is 11.8 Å². The van der Waals surface area contributed by atoms with Crippen LogP contribution in [0.4, 0.5) is 4.79 Å². The van der Waals surface area contributed by atoms with E-state index in [4.69, 9.17) is 16.0 Å². The normalized spacial score (nSPS) is 10.8. The van der Waals surface area contributed by atoms with E-state index < -0.39 is 11.9 Å². The first-order valence-electron chi connectivity index (χ1n) is 9.94. The predicted molar refractivity (Wildman–Crippen MR) is 127 cm³/mol. The topological polar surface area (TPSA) is 106 Å². The number of nitrogens with one attached hydrogen (secondary N) is 2. The van der Waals surface area contributed by atoms with Gasteiger partial charge in [0, 0.05) is 5.02 Å². The van der Waals surface area contributed by atoms with Gasteiger partial charge >= 0.3 is 6.03 Å². The number of benzene rings is 2. The summed E-state index contributed by atoms with van der Waals surface area (Å²) in [6.45, 7) is 1.96. The molecule has 4 aromatic rings. The third-order valence-electron chi connectivity index (χ3n) is 4.81. The van der Waals surface area contributed by atoms with Crippen molar-refractivity contribution in [2.24, 2.45) is 0 Å². The lowest BCUT2D eigenvalue weighted by atomic mass is 10.2. The van der Waals surface area contributed by atoms with Crippen molar-refractivity contribution in [1.82, 2.24) is 20.2 Å². The highest BCUT2D eigenvalue weighted by atomic mass is 35.5. The fraction of sp³-hybridized carbons (Fsp3) is 0.130. The number of hydrogen-bond donors (Lipinski definition) is 2. The van der Waals surface area contributed by atoms with Gasteiger partial charge in [-0.3, -0.25) is 19.5 Å². The van der Waals surface area contributed by atoms with Gasteiger partial charge in [-0.05, 0) is 48.9 Å². The molecule has 33 heavy (non-hydrogen) atoms. The molecule has 0 aliphatic carbocycles. The number of imide groups is 1. The smallest absolute Gasteiger partial charge is 0.321 e. The molecular formula is C23H19ClN4O4S. The summed E-state index contributed by atoms with van der Waals surface area (Å²) < 4.78 is 6.58. The van der Waals surface area contributed by atoms with Crippen LogP contribution in [0, 0.1) is 6.92 Å². The number of furan rings is 1. The molecule has 0 radical (unpaired) electrons. The summed E-state index contributed by atoms with van der Waals surface area (Å²) in [5.74, 6) is -0.0968. The largest absolute Gasteiger partial charge is 0.467 e. The van der Waals surface area contributed by atoms with E-state index >= 15 is 0 Å². The molecule has 0 spiro atoms. The van der Waals surface area contributed by atoms with Crippen LogP contribution in [0.25, 0.3) is 16.6 Å². The molecule has 2 heterocycles. The summed E-state index contributed by atoms with van der Waals surface area (Å²) in [6, 6.07) is 15.0. The third-order valence-corrected chi connectivity index (χ3v) is 6.16. The highest BCUT2D eigenvalue weighted by Gasteiger charge is 2.17. The molecule has 0 aliphatic rings. The average molecular weight is 483 g/mol. The minimum Gasteiger partial charge on any atom is -0.467 e. The maximum Gasteiger partial charge on any atom is 0.321 e. The SMILES string of the molecule is Cc1c(Cl)cccc1-n1c(SCC(=O)NC(=O)NCc2ccco2)nc2ccccc2c1=O. The van der Waals surface area contributed by atoms with Gasteiger partial charge in [0.1, 0.15) is 5.76 Å². The zero-order chi connectivity index (χ0) is 23.4. The number of thioether (sulfide) groups is 1. The van der Waals surface area contributed by atoms with E-state index in [1.54, 1.807) is 54.6 Å². The van der Waals surface area contributed by atoms with Gasteiger partial charge in [-0.25, -0.2) is 9.78 Å². The number of hydrogen-bond acceptors (Lipinski definition) is 6. The fourth-order valence-electron chi connectivity index (χ4n) is 3.18. The molecule has 0 unspecified atom stereocenters. The Labute approximate surface area is 198 Å². The van der Waals surface area contributed by atoms with Crippen molar-refractivity contribution in [3.63, 3.8) is 0 Å². The van der Waals surface area contributed by atoms with E-state index in [1.807, 2.05) is 6.92 Å². The van der Waals surface area contributed by atoms with Gasteiger partial charge in [0.2, 0.25) is 5.91 Å². The van der Waals surface area contributed by atoms with Crippen LogP contribution in [-0.4, -0.2) is 27.2 Å². The maximum atomic E-state index is 13.3. The Hall–Kier alpha value is -3.56. The van der Waals surface area contributed by atoms with E-state index in [9.17, 15) is 14.4 Å². The molecule has 2 aromatic heterocycles. The molecule has 10 heteroatoms. The minimum absolute atomic E-state index is 0.126. The lowest BCUT2D eigenvalue weighted by Gasteiger charge is -2.15. The van der Waals surface area contributed by atoms with Crippen molar-refractivity contribution >= 4 is 46.2 Å². The molecule has 168 valence electrons. The molecule has 0 saturated carbocycles. The maximum absolute atomic E-state index is 13.3. The first kappa shape index (κ1) is 22.6. The van der Waals surface area contributed by atoms with Crippen molar-refractivity contribution in [3.8, 4) is 5.69 Å². The molecule has 4 rings (SSSR count). The number of rotatable bonds is 6. The second-order valence-corrected chi connectivity index (χ2v) is 8.38. The number of halogens is 1. The monoisotopic (exact) mass is 482 g/mol. The van der Waals surface area contributed by atoms with Crippen molar-refractivity contribution in [3.05, 3.63) is 87.6 Å². The number of carbonyl (C=O) groups excluding carboxylic acids is 2. The van der Waals surface area contributed by atoms with Crippen LogP contribution in [0.5, 0.6) is 0 Å². The molecule has 3 amide bonds. The van der Waals surface area contributed by atoms with Crippen LogP contribution in [0.1, 0.15) is 11.3 Å². The molecule has 0 bridgehead atoms. The van der Waals surface area contributed by atoms with E-state index in [0.29, 0.717) is 38.1 Å². The van der Waals surface area contributed by atoms with Crippen LogP contribution < -0.4 is 16.2 Å². The lowest BCUT2D eigenvalue weighted by Crippen LogP contribution is -2.40. The molecule has 2 N–H and O–H groups in total. The van der Waals surface area contributed by atoms with Gasteiger partial charge in [-0.15, -0.1) is 0 Å². The fourth-order valence-corrected chi connectivity index (χ4v) is 4.15. The summed E-state index contributed by atoms with van der Waals surface area (Å²) in [7, 11) is 0. The lowest BCUT2D eigenvalue weighted by molar-refractivity contribution is -0.117. The third kappa shape index (κ3) is 5.10. The van der Waals surface area contributed by atoms with Crippen LogP contribution in [0.2, 0.25) is 5.02 Å². The number of urea groups is 1. The summed E-state index contributed by atoms with van der Waals surface area (Å²) >= 11 is 7.33. The Balaban J connectivity index is 1.56. The summed E-state index contributed by atoms with van der Waals surface area (Å²) in [4.78, 5) is 42.3. The molecule has 0 atom stereocenters. The number of nitrogens with zero attached hydrogens (tertiary/aromatic N) is 2. The van der Waals surface area contributed by atoms with Crippen LogP contribution in [0.3, 0.4) is 0 Å². The number of para-hydroxylation sites is 1. The zero-order valence-corrected chi connectivity index (χ0v) is 19.1. The Morgan fingerprint density at radius 3 is 2.73 bits per heavy atom. The van der Waals surface area contributed by atoms with Crippen LogP contribution in [0.15, 0.2) is 75.2 Å². The highest BCUT2D eigenvalue weighted by Crippen LogP contribution is 2.26. The van der Waals surface area contributed by atoms with Crippen LogP contribution in [-0.2, 0) is 11.3 Å². The Kier molecular flexibility index (Phi) is 6.81. The zero-order valence-electron chi connectivity index (χ0n) is 17.5. The number of amides is 3. The highest BCUT2D eigenvalue weighted by molar-refractivity contribution is 7.99. The van der Waals surface area contributed by atoms with Crippen molar-refractivity contribution in [2.75, 3.05) is 5.75 Å². The van der Waals surface area contributed by atoms with Gasteiger partial charge in [0.15, 0.2) is 5.16 Å². The molecule has 0 saturated heterocycles. The van der Waals surface area contributed by atoms with Gasteiger partial charge in [0.05, 0.1) is 35.2 Å². The Bertz CT molecular complexity index is 1390. The summed E-state index contributed by atoms with van der Waals surface area (Å²) in [5.41, 5.74) is 1.52. The number of carbonyl (C=O) groups is 2. The second kappa shape index (κ2) is 9.93. The first-order valence-corrected chi connectivity index (χ1v) is 11.3. The van der Waals surface area contributed by atoms with Crippen molar-refractivity contribution in [1.29, 1.82) is 0 Å². The summed E-state index contributed by atoms with van der Waals surface area (Å²) in [5, 5.41) is 6.07. The molecule has 8 nitrogen and oxygen atoms in total. The Morgan fingerprint density at radius 2 is 1.94 bits per heavy atom. The van der Waals surface area contributed by atoms with Gasteiger partial charge in [-0.2, -0.15) is 0 Å². The second-order valence-electron chi connectivity index (χ2n) is 7.03. The van der Waals surface area contributed by atoms with E-state index in [2.05, 4.69) is 15.6 Å². The summed E-state index contributed by atoms with van der Waals surface area (Å²) in [6.07, 6.45) is 1.49. The first-order chi connectivity index (χ1) is 15.9. The molecule has 0 aliphatic heterocycles. The molecule has 2 aromatic carbocycles. The quantitative estimate of drug-likeness (QED) is 0.317. The van der Waals surface area contributed by atoms with Gasteiger partial charge in [0.25, 0.3) is 5.56 Å². The van der Waals surface area contributed by atoms with E-state index in [1.165, 1.54) is 10.8 Å². The Morgan fingerprint density at radius 1 is 1.12 bits per heavy atom. The van der Waals surface area contributed by atoms with Gasteiger partial charge in [-0.1, -0.05) is 41.6 Å². The van der Waals surface area contributed by atoms with E-state index in [-0.39, 0.29) is 17.9 Å². The standard InChI is InChI=1S/C23H19ClN4O4S/c1-14-17(24)8-4-10-19(14)28-21(30)16-7-2-3-9-18(16)26-23(28)33-13-20(29)27-22(31)25-12-15-6-5-11-32-15/h2-11H,12-13H2,1H3,(H2,25,27,29,31). The number of fused-ring (bicyclic) bond motifs is 1. The van der Waals surface area contributed by atoms with Crippen LogP contribution >= 0.6 is 23.4 Å².